The molecule has 2 aliphatic rings. The predicted octanol–water partition coefficient (Wildman–Crippen LogP) is 4.37. The van der Waals surface area contributed by atoms with Gasteiger partial charge in [0.05, 0.1) is 0 Å². The smallest absolute Gasteiger partial charge is 0.335 e. The first-order valence-corrected chi connectivity index (χ1v) is 11.7. The third-order valence-corrected chi connectivity index (χ3v) is 7.92. The highest BCUT2D eigenvalue weighted by atomic mass is 28.4. The Morgan fingerprint density at radius 2 is 1.33 bits per heavy atom. The Bertz CT molecular complexity index is 256. The molecule has 2 aliphatic carbocycles. The standard InChI is InChI=1S/C17H35NO2Si/c1-18-14-9-15-21(2,19-16-10-5-3-6-11-16)20-17-12-7-4-8-13-17/h16-18H,3-15H2,1-2H3. The van der Waals surface area contributed by atoms with E-state index in [2.05, 4.69) is 11.9 Å². The van der Waals surface area contributed by atoms with Gasteiger partial charge in [-0.25, -0.2) is 0 Å². The van der Waals surface area contributed by atoms with Gasteiger partial charge in [-0.2, -0.15) is 0 Å². The summed E-state index contributed by atoms with van der Waals surface area (Å²) in [6.07, 6.45) is 15.3. The minimum absolute atomic E-state index is 0.480. The fourth-order valence-electron chi connectivity index (χ4n) is 3.80. The lowest BCUT2D eigenvalue weighted by molar-refractivity contribution is 0.0496. The second-order valence-electron chi connectivity index (χ2n) is 7.10. The molecule has 0 aliphatic heterocycles. The summed E-state index contributed by atoms with van der Waals surface area (Å²) >= 11 is 0. The molecule has 0 heterocycles. The van der Waals surface area contributed by atoms with Crippen LogP contribution in [-0.2, 0) is 8.85 Å². The van der Waals surface area contributed by atoms with Crippen molar-refractivity contribution in [3.63, 3.8) is 0 Å². The molecule has 0 saturated heterocycles. The van der Waals surface area contributed by atoms with Crippen molar-refractivity contribution in [2.24, 2.45) is 0 Å². The first-order chi connectivity index (χ1) is 10.2. The van der Waals surface area contributed by atoms with Gasteiger partial charge >= 0.3 is 8.56 Å². The summed E-state index contributed by atoms with van der Waals surface area (Å²) in [5.41, 5.74) is 0. The van der Waals surface area contributed by atoms with E-state index in [0.717, 1.165) is 12.6 Å². The number of hydrogen-bond donors (Lipinski definition) is 1. The monoisotopic (exact) mass is 313 g/mol. The normalized spacial score (nSPS) is 22.6. The van der Waals surface area contributed by atoms with Crippen LogP contribution in [0.15, 0.2) is 0 Å². The van der Waals surface area contributed by atoms with Gasteiger partial charge in [-0.15, -0.1) is 0 Å². The minimum Gasteiger partial charge on any atom is -0.391 e. The second kappa shape index (κ2) is 9.28. The lowest BCUT2D eigenvalue weighted by Gasteiger charge is -2.37. The van der Waals surface area contributed by atoms with Crippen molar-refractivity contribution < 1.29 is 8.85 Å². The van der Waals surface area contributed by atoms with Crippen molar-refractivity contribution in [1.82, 2.24) is 5.32 Å². The molecular formula is C17H35NO2Si. The third kappa shape index (κ3) is 6.39. The van der Waals surface area contributed by atoms with Crippen LogP contribution in [0.3, 0.4) is 0 Å². The maximum atomic E-state index is 6.62. The predicted molar refractivity (Wildman–Crippen MR) is 90.9 cm³/mol. The summed E-state index contributed by atoms with van der Waals surface area (Å²) in [5.74, 6) is 0. The molecule has 4 heteroatoms. The van der Waals surface area contributed by atoms with E-state index in [4.69, 9.17) is 8.85 Å². The van der Waals surface area contributed by atoms with E-state index in [1.807, 2.05) is 7.05 Å². The van der Waals surface area contributed by atoms with Crippen LogP contribution in [0.5, 0.6) is 0 Å². The summed E-state index contributed by atoms with van der Waals surface area (Å²) in [5, 5.41) is 3.26. The van der Waals surface area contributed by atoms with Crippen LogP contribution in [0, 0.1) is 0 Å². The Labute approximate surface area is 132 Å². The molecule has 0 bridgehead atoms. The largest absolute Gasteiger partial charge is 0.391 e. The van der Waals surface area contributed by atoms with Crippen molar-refractivity contribution in [2.45, 2.75) is 95.4 Å². The zero-order valence-corrected chi connectivity index (χ0v) is 15.2. The van der Waals surface area contributed by atoms with E-state index in [-0.39, 0.29) is 0 Å². The van der Waals surface area contributed by atoms with Gasteiger partial charge in [0.1, 0.15) is 0 Å². The molecule has 0 atom stereocenters. The van der Waals surface area contributed by atoms with Crippen molar-refractivity contribution in [2.75, 3.05) is 13.6 Å². The van der Waals surface area contributed by atoms with E-state index in [1.54, 1.807) is 0 Å². The van der Waals surface area contributed by atoms with Gasteiger partial charge in [0.2, 0.25) is 0 Å². The lowest BCUT2D eigenvalue weighted by Crippen LogP contribution is -2.46. The fourth-order valence-corrected chi connectivity index (χ4v) is 6.79. The number of nitrogens with one attached hydrogen (secondary N) is 1. The molecule has 21 heavy (non-hydrogen) atoms. The molecule has 0 radical (unpaired) electrons. The molecule has 0 aromatic carbocycles. The van der Waals surface area contributed by atoms with Gasteiger partial charge < -0.3 is 14.2 Å². The molecule has 2 rings (SSSR count). The molecule has 0 spiro atoms. The van der Waals surface area contributed by atoms with Gasteiger partial charge in [-0.3, -0.25) is 0 Å². The van der Waals surface area contributed by atoms with E-state index >= 15 is 0 Å². The molecule has 1 N–H and O–H groups in total. The van der Waals surface area contributed by atoms with Crippen molar-refractivity contribution in [3.05, 3.63) is 0 Å². The average Bonchev–Trinajstić information content (AvgIpc) is 2.49. The molecule has 124 valence electrons. The molecule has 3 nitrogen and oxygen atoms in total. The number of rotatable bonds is 8. The van der Waals surface area contributed by atoms with Gasteiger partial charge in [0.25, 0.3) is 0 Å². The third-order valence-electron chi connectivity index (χ3n) is 4.99. The highest BCUT2D eigenvalue weighted by Gasteiger charge is 2.37. The number of hydrogen-bond acceptors (Lipinski definition) is 3. The molecule has 0 aromatic heterocycles. The van der Waals surface area contributed by atoms with Crippen LogP contribution < -0.4 is 5.32 Å². The Hall–Kier alpha value is 0.0969. The molecule has 2 fully saturated rings. The maximum absolute atomic E-state index is 6.62. The highest BCUT2D eigenvalue weighted by molar-refractivity contribution is 6.66. The van der Waals surface area contributed by atoms with Crippen LogP contribution in [0.4, 0.5) is 0 Å². The first kappa shape index (κ1) is 17.5. The van der Waals surface area contributed by atoms with Crippen molar-refractivity contribution in [3.8, 4) is 0 Å². The molecule has 2 saturated carbocycles. The zero-order chi connectivity index (χ0) is 15.0. The summed E-state index contributed by atoms with van der Waals surface area (Å²) in [6, 6.07) is 1.14. The van der Waals surface area contributed by atoms with Gasteiger partial charge in [-0.05, 0) is 58.3 Å². The van der Waals surface area contributed by atoms with Gasteiger partial charge in [0.15, 0.2) is 0 Å². The Morgan fingerprint density at radius 3 is 1.76 bits per heavy atom. The molecule has 0 amide bonds. The summed E-state index contributed by atoms with van der Waals surface area (Å²) in [6.45, 7) is 3.40. The van der Waals surface area contributed by atoms with Crippen LogP contribution in [0.2, 0.25) is 12.6 Å². The maximum Gasteiger partial charge on any atom is 0.335 e. The molecule has 0 aromatic rings. The van der Waals surface area contributed by atoms with Crippen molar-refractivity contribution >= 4 is 8.56 Å². The zero-order valence-electron chi connectivity index (χ0n) is 14.2. The Morgan fingerprint density at radius 1 is 0.857 bits per heavy atom. The summed E-state index contributed by atoms with van der Waals surface area (Å²) in [4.78, 5) is 0. The van der Waals surface area contributed by atoms with E-state index in [1.165, 1.54) is 70.6 Å². The lowest BCUT2D eigenvalue weighted by atomic mass is 9.98. The minimum atomic E-state index is -2.00. The van der Waals surface area contributed by atoms with Crippen molar-refractivity contribution in [1.29, 1.82) is 0 Å². The van der Waals surface area contributed by atoms with E-state index in [9.17, 15) is 0 Å². The van der Waals surface area contributed by atoms with Gasteiger partial charge in [-0.1, -0.05) is 38.5 Å². The van der Waals surface area contributed by atoms with Crippen LogP contribution in [0.25, 0.3) is 0 Å². The van der Waals surface area contributed by atoms with Gasteiger partial charge in [0, 0.05) is 12.2 Å². The SMILES string of the molecule is CNCCC[Si](C)(OC1CCCCC1)OC1CCCCC1. The molecular weight excluding hydrogens is 278 g/mol. The van der Waals surface area contributed by atoms with Crippen LogP contribution in [0.1, 0.15) is 70.6 Å². The first-order valence-electron chi connectivity index (χ1n) is 9.22. The van der Waals surface area contributed by atoms with E-state index < -0.39 is 8.56 Å². The Kier molecular flexibility index (Phi) is 7.71. The highest BCUT2D eigenvalue weighted by Crippen LogP contribution is 2.30. The quantitative estimate of drug-likeness (QED) is 0.533. The topological polar surface area (TPSA) is 30.5 Å². The second-order valence-corrected chi connectivity index (χ2v) is 10.3. The summed E-state index contributed by atoms with van der Waals surface area (Å²) in [7, 11) is 0.0292. The van der Waals surface area contributed by atoms with E-state index in [0.29, 0.717) is 12.2 Å². The van der Waals surface area contributed by atoms with Crippen LogP contribution in [-0.4, -0.2) is 34.4 Å². The molecule has 0 unspecified atom stereocenters. The van der Waals surface area contributed by atoms with Crippen LogP contribution >= 0.6 is 0 Å². The average molecular weight is 314 g/mol. The Balaban J connectivity index is 1.87. The summed E-state index contributed by atoms with van der Waals surface area (Å²) < 4.78 is 13.2. The fraction of sp³-hybridized carbons (Fsp3) is 1.00.